The minimum atomic E-state index is 0.951. The van der Waals surface area contributed by atoms with Gasteiger partial charge in [0.1, 0.15) is 0 Å². The van der Waals surface area contributed by atoms with Gasteiger partial charge in [-0.1, -0.05) is 103 Å². The molecule has 0 saturated heterocycles. The van der Waals surface area contributed by atoms with E-state index in [1.54, 1.807) is 0 Å². The van der Waals surface area contributed by atoms with Gasteiger partial charge >= 0.3 is 0 Å². The first kappa shape index (κ1) is 16.0. The Bertz CT molecular complexity index is 945. The number of benzene rings is 4. The van der Waals surface area contributed by atoms with Crippen LogP contribution in [0.4, 0.5) is 5.69 Å². The van der Waals surface area contributed by atoms with Gasteiger partial charge in [0.15, 0.2) is 0 Å². The van der Waals surface area contributed by atoms with Crippen LogP contribution in [-0.2, 0) is 0 Å². The molecule has 0 aliphatic carbocycles. The molecule has 0 bridgehead atoms. The highest BCUT2D eigenvalue weighted by Crippen LogP contribution is 2.24. The van der Waals surface area contributed by atoms with Crippen LogP contribution in [0.1, 0.15) is 11.1 Å². The number of hydrogen-bond donors (Lipinski definition) is 0. The SMILES string of the molecule is c1ccc(C(=Nc2ccc(-c3ccccc3)cc2)c2ccccc2)cc1. The molecule has 0 N–H and O–H groups in total. The molecule has 0 unspecified atom stereocenters. The summed E-state index contributed by atoms with van der Waals surface area (Å²) in [6.07, 6.45) is 0. The summed E-state index contributed by atoms with van der Waals surface area (Å²) in [4.78, 5) is 4.95. The van der Waals surface area contributed by atoms with E-state index < -0.39 is 0 Å². The fourth-order valence-electron chi connectivity index (χ4n) is 2.98. The van der Waals surface area contributed by atoms with Crippen molar-refractivity contribution in [3.8, 4) is 11.1 Å². The lowest BCUT2D eigenvalue weighted by atomic mass is 10.0. The summed E-state index contributed by atoms with van der Waals surface area (Å²) >= 11 is 0. The summed E-state index contributed by atoms with van der Waals surface area (Å²) in [5.74, 6) is 0. The Kier molecular flexibility index (Phi) is 4.70. The summed E-state index contributed by atoms with van der Waals surface area (Å²) in [6, 6.07) is 39.5. The molecule has 0 aliphatic rings. The fraction of sp³-hybridized carbons (Fsp3) is 0. The molecule has 4 aromatic carbocycles. The van der Waals surface area contributed by atoms with Crippen molar-refractivity contribution < 1.29 is 0 Å². The summed E-state index contributed by atoms with van der Waals surface area (Å²) in [5.41, 5.74) is 6.59. The highest BCUT2D eigenvalue weighted by Gasteiger charge is 2.06. The maximum atomic E-state index is 4.95. The Morgan fingerprint density at radius 3 is 1.35 bits per heavy atom. The van der Waals surface area contributed by atoms with E-state index in [0.29, 0.717) is 0 Å². The molecular weight excluding hydrogens is 314 g/mol. The molecular formula is C25H19N. The Balaban J connectivity index is 1.73. The number of nitrogens with zero attached hydrogens (tertiary/aromatic N) is 1. The maximum Gasteiger partial charge on any atom is 0.0781 e. The van der Waals surface area contributed by atoms with Crippen molar-refractivity contribution in [2.45, 2.75) is 0 Å². The van der Waals surface area contributed by atoms with Crippen LogP contribution in [0.5, 0.6) is 0 Å². The minimum Gasteiger partial charge on any atom is -0.248 e. The molecule has 0 atom stereocenters. The summed E-state index contributed by atoms with van der Waals surface area (Å²) in [5, 5.41) is 0. The van der Waals surface area contributed by atoms with Gasteiger partial charge in [-0.3, -0.25) is 0 Å². The van der Waals surface area contributed by atoms with Crippen LogP contribution in [-0.4, -0.2) is 5.71 Å². The van der Waals surface area contributed by atoms with Crippen LogP contribution in [0.15, 0.2) is 120 Å². The Labute approximate surface area is 154 Å². The second-order valence-corrected chi connectivity index (χ2v) is 6.11. The van der Waals surface area contributed by atoms with Crippen molar-refractivity contribution in [1.82, 2.24) is 0 Å². The van der Waals surface area contributed by atoms with E-state index in [-0.39, 0.29) is 0 Å². The summed E-state index contributed by atoms with van der Waals surface area (Å²) in [7, 11) is 0. The highest BCUT2D eigenvalue weighted by molar-refractivity contribution is 6.13. The van der Waals surface area contributed by atoms with Crippen molar-refractivity contribution in [3.63, 3.8) is 0 Å². The molecule has 0 aromatic heterocycles. The van der Waals surface area contributed by atoms with Crippen molar-refractivity contribution in [2.75, 3.05) is 0 Å². The number of hydrogen-bond acceptors (Lipinski definition) is 1. The molecule has 0 radical (unpaired) electrons. The van der Waals surface area contributed by atoms with Gasteiger partial charge in [0.2, 0.25) is 0 Å². The Hall–Kier alpha value is -3.45. The van der Waals surface area contributed by atoms with Crippen LogP contribution in [0, 0.1) is 0 Å². The quantitative estimate of drug-likeness (QED) is 0.377. The average Bonchev–Trinajstić information content (AvgIpc) is 2.74. The van der Waals surface area contributed by atoms with Gasteiger partial charge in [-0.05, 0) is 23.3 Å². The topological polar surface area (TPSA) is 12.4 Å². The van der Waals surface area contributed by atoms with Gasteiger partial charge in [-0.15, -0.1) is 0 Å². The molecule has 0 heterocycles. The zero-order chi connectivity index (χ0) is 17.6. The monoisotopic (exact) mass is 333 g/mol. The van der Waals surface area contributed by atoms with Gasteiger partial charge in [0.25, 0.3) is 0 Å². The molecule has 0 spiro atoms. The van der Waals surface area contributed by atoms with Crippen LogP contribution in [0.2, 0.25) is 0 Å². The van der Waals surface area contributed by atoms with E-state index in [2.05, 4.69) is 72.8 Å². The molecule has 1 heteroatoms. The molecule has 26 heavy (non-hydrogen) atoms. The van der Waals surface area contributed by atoms with Crippen LogP contribution < -0.4 is 0 Å². The van der Waals surface area contributed by atoms with Gasteiger partial charge in [0, 0.05) is 11.1 Å². The van der Waals surface area contributed by atoms with Crippen molar-refractivity contribution in [1.29, 1.82) is 0 Å². The van der Waals surface area contributed by atoms with Gasteiger partial charge in [0.05, 0.1) is 11.4 Å². The third-order valence-corrected chi connectivity index (χ3v) is 4.31. The van der Waals surface area contributed by atoms with Crippen molar-refractivity contribution in [2.24, 2.45) is 4.99 Å². The van der Waals surface area contributed by atoms with Crippen LogP contribution in [0.3, 0.4) is 0 Å². The lowest BCUT2D eigenvalue weighted by Crippen LogP contribution is -2.02. The summed E-state index contributed by atoms with van der Waals surface area (Å²) in [6.45, 7) is 0. The van der Waals surface area contributed by atoms with E-state index in [0.717, 1.165) is 22.5 Å². The van der Waals surface area contributed by atoms with E-state index in [1.807, 2.05) is 42.5 Å². The predicted molar refractivity (Wildman–Crippen MR) is 110 cm³/mol. The second kappa shape index (κ2) is 7.62. The summed E-state index contributed by atoms with van der Waals surface area (Å²) < 4.78 is 0. The molecule has 124 valence electrons. The maximum absolute atomic E-state index is 4.95. The van der Waals surface area contributed by atoms with Crippen molar-refractivity contribution in [3.05, 3.63) is 126 Å². The van der Waals surface area contributed by atoms with Gasteiger partial charge in [-0.25, -0.2) is 4.99 Å². The van der Waals surface area contributed by atoms with Gasteiger partial charge < -0.3 is 0 Å². The van der Waals surface area contributed by atoms with E-state index in [9.17, 15) is 0 Å². The largest absolute Gasteiger partial charge is 0.248 e. The Morgan fingerprint density at radius 1 is 0.423 bits per heavy atom. The third kappa shape index (κ3) is 3.62. The molecule has 0 fully saturated rings. The normalized spacial score (nSPS) is 10.3. The number of rotatable bonds is 4. The van der Waals surface area contributed by atoms with Crippen molar-refractivity contribution >= 4 is 11.4 Å². The molecule has 0 aliphatic heterocycles. The highest BCUT2D eigenvalue weighted by atomic mass is 14.7. The standard InChI is InChI=1S/C25H19N/c1-4-10-20(11-5-1)21-16-18-24(19-17-21)26-25(22-12-6-2-7-13-22)23-14-8-3-9-15-23/h1-19H. The van der Waals surface area contributed by atoms with Crippen LogP contribution in [0.25, 0.3) is 11.1 Å². The molecule has 0 amide bonds. The lowest BCUT2D eigenvalue weighted by Gasteiger charge is -2.08. The minimum absolute atomic E-state index is 0.951. The molecule has 0 saturated carbocycles. The molecule has 1 nitrogen and oxygen atoms in total. The Morgan fingerprint density at radius 2 is 0.846 bits per heavy atom. The zero-order valence-corrected chi connectivity index (χ0v) is 14.4. The first-order valence-corrected chi connectivity index (χ1v) is 8.75. The lowest BCUT2D eigenvalue weighted by molar-refractivity contribution is 1.47. The second-order valence-electron chi connectivity index (χ2n) is 6.11. The smallest absolute Gasteiger partial charge is 0.0781 e. The average molecular weight is 333 g/mol. The number of aliphatic imine (C=N–C) groups is 1. The van der Waals surface area contributed by atoms with E-state index in [4.69, 9.17) is 4.99 Å². The van der Waals surface area contributed by atoms with Crippen LogP contribution >= 0.6 is 0 Å². The first-order chi connectivity index (χ1) is 12.9. The fourth-order valence-corrected chi connectivity index (χ4v) is 2.98. The van der Waals surface area contributed by atoms with Gasteiger partial charge in [-0.2, -0.15) is 0 Å². The third-order valence-electron chi connectivity index (χ3n) is 4.31. The van der Waals surface area contributed by atoms with E-state index in [1.165, 1.54) is 11.1 Å². The molecule has 4 aromatic rings. The molecule has 4 rings (SSSR count). The predicted octanol–water partition coefficient (Wildman–Crippen LogP) is 6.52. The van der Waals surface area contributed by atoms with E-state index >= 15 is 0 Å². The first-order valence-electron chi connectivity index (χ1n) is 8.75. The zero-order valence-electron chi connectivity index (χ0n) is 14.4.